The van der Waals surface area contributed by atoms with Gasteiger partial charge < -0.3 is 5.73 Å². The van der Waals surface area contributed by atoms with E-state index < -0.39 is 0 Å². The van der Waals surface area contributed by atoms with Gasteiger partial charge >= 0.3 is 0 Å². The third-order valence-corrected chi connectivity index (χ3v) is 3.25. The Balaban J connectivity index is 2.37. The fourth-order valence-electron chi connectivity index (χ4n) is 1.13. The molecule has 4 nitrogen and oxygen atoms in total. The van der Waals surface area contributed by atoms with Gasteiger partial charge in [-0.15, -0.1) is 11.3 Å². The first-order valence-electron chi connectivity index (χ1n) is 4.71. The van der Waals surface area contributed by atoms with Crippen molar-refractivity contribution in [2.75, 3.05) is 5.73 Å². The van der Waals surface area contributed by atoms with Gasteiger partial charge in [-0.3, -0.25) is 0 Å². The van der Waals surface area contributed by atoms with Crippen molar-refractivity contribution in [3.8, 4) is 10.8 Å². The minimum absolute atomic E-state index is 0.473. The predicted octanol–water partition coefficient (Wildman–Crippen LogP) is 2.31. The van der Waals surface area contributed by atoms with E-state index in [-0.39, 0.29) is 0 Å². The van der Waals surface area contributed by atoms with Crippen LogP contribution in [0.1, 0.15) is 24.6 Å². The van der Waals surface area contributed by atoms with Crippen molar-refractivity contribution in [1.82, 2.24) is 15.0 Å². The van der Waals surface area contributed by atoms with Crippen molar-refractivity contribution < 1.29 is 0 Å². The summed E-state index contributed by atoms with van der Waals surface area (Å²) in [6, 6.07) is 1.67. The topological polar surface area (TPSA) is 64.7 Å². The Hall–Kier alpha value is -1.49. The third kappa shape index (κ3) is 2.12. The summed E-state index contributed by atoms with van der Waals surface area (Å²) >= 11 is 1.61. The normalized spacial score (nSPS) is 10.9. The van der Waals surface area contributed by atoms with Crippen LogP contribution in [0.15, 0.2) is 18.5 Å². The summed E-state index contributed by atoms with van der Waals surface area (Å²) in [6.45, 7) is 4.27. The molecule has 0 aliphatic carbocycles. The van der Waals surface area contributed by atoms with Crippen molar-refractivity contribution in [2.45, 2.75) is 19.8 Å². The first-order valence-corrected chi connectivity index (χ1v) is 5.53. The van der Waals surface area contributed by atoms with Gasteiger partial charge in [0.15, 0.2) is 10.8 Å². The van der Waals surface area contributed by atoms with Crippen LogP contribution in [-0.2, 0) is 0 Å². The molecule has 2 N–H and O–H groups in total. The maximum Gasteiger partial charge on any atom is 0.190 e. The van der Waals surface area contributed by atoms with Crippen LogP contribution < -0.4 is 5.73 Å². The molecule has 0 spiro atoms. The summed E-state index contributed by atoms with van der Waals surface area (Å²) in [5.41, 5.74) is 5.59. The van der Waals surface area contributed by atoms with E-state index in [2.05, 4.69) is 28.8 Å². The van der Waals surface area contributed by atoms with Crippen molar-refractivity contribution >= 4 is 17.2 Å². The predicted molar refractivity (Wildman–Crippen MR) is 61.6 cm³/mol. The summed E-state index contributed by atoms with van der Waals surface area (Å²) in [5.74, 6) is 1.56. The molecule has 2 aromatic rings. The molecule has 2 heterocycles. The van der Waals surface area contributed by atoms with Crippen LogP contribution in [0, 0.1) is 0 Å². The Morgan fingerprint density at radius 3 is 2.73 bits per heavy atom. The molecule has 0 amide bonds. The minimum atomic E-state index is 0.473. The highest BCUT2D eigenvalue weighted by molar-refractivity contribution is 7.15. The van der Waals surface area contributed by atoms with E-state index in [9.17, 15) is 0 Å². The van der Waals surface area contributed by atoms with Crippen LogP contribution in [-0.4, -0.2) is 15.0 Å². The summed E-state index contributed by atoms with van der Waals surface area (Å²) in [4.78, 5) is 13.8. The number of nitrogen functional groups attached to an aromatic ring is 1. The number of anilines is 1. The molecule has 2 rings (SSSR count). The van der Waals surface area contributed by atoms with Crippen LogP contribution in [0.3, 0.4) is 0 Å². The fourth-order valence-corrected chi connectivity index (χ4v) is 1.99. The molecule has 0 aliphatic rings. The van der Waals surface area contributed by atoms with E-state index in [1.807, 2.05) is 6.20 Å². The highest BCUT2D eigenvalue weighted by Gasteiger charge is 2.09. The Labute approximate surface area is 92.2 Å². The van der Waals surface area contributed by atoms with Crippen LogP contribution in [0.2, 0.25) is 0 Å². The second-order valence-electron chi connectivity index (χ2n) is 3.53. The number of thiazole rings is 1. The Morgan fingerprint density at radius 2 is 2.13 bits per heavy atom. The fraction of sp³-hybridized carbons (Fsp3) is 0.300. The van der Waals surface area contributed by atoms with E-state index >= 15 is 0 Å². The molecule has 0 radical (unpaired) electrons. The Kier molecular flexibility index (Phi) is 2.64. The van der Waals surface area contributed by atoms with Crippen molar-refractivity contribution in [3.63, 3.8) is 0 Å². The van der Waals surface area contributed by atoms with Gasteiger partial charge in [0.1, 0.15) is 5.82 Å². The highest BCUT2D eigenvalue weighted by atomic mass is 32.1. The molecular weight excluding hydrogens is 208 g/mol. The van der Waals surface area contributed by atoms with Gasteiger partial charge in [-0.05, 0) is 12.0 Å². The smallest absolute Gasteiger partial charge is 0.190 e. The Morgan fingerprint density at radius 1 is 1.33 bits per heavy atom. The van der Waals surface area contributed by atoms with Gasteiger partial charge in [-0.1, -0.05) is 13.8 Å². The van der Waals surface area contributed by atoms with E-state index in [1.165, 1.54) is 4.88 Å². The number of hydrogen-bond donors (Lipinski definition) is 1. The maximum atomic E-state index is 5.59. The molecule has 0 saturated heterocycles. The van der Waals surface area contributed by atoms with Gasteiger partial charge in [-0.25, -0.2) is 15.0 Å². The molecule has 0 unspecified atom stereocenters. The molecule has 78 valence electrons. The monoisotopic (exact) mass is 220 g/mol. The molecule has 2 aromatic heterocycles. The van der Waals surface area contributed by atoms with Gasteiger partial charge in [0.2, 0.25) is 0 Å². The second kappa shape index (κ2) is 3.94. The quantitative estimate of drug-likeness (QED) is 0.843. The van der Waals surface area contributed by atoms with Crippen molar-refractivity contribution in [3.05, 3.63) is 23.3 Å². The number of nitrogens with zero attached hydrogens (tertiary/aromatic N) is 3. The number of aromatic nitrogens is 3. The van der Waals surface area contributed by atoms with Crippen LogP contribution >= 0.6 is 11.3 Å². The van der Waals surface area contributed by atoms with E-state index in [1.54, 1.807) is 23.6 Å². The summed E-state index contributed by atoms with van der Waals surface area (Å²) < 4.78 is 0. The maximum absolute atomic E-state index is 5.59. The molecule has 0 aromatic carbocycles. The molecule has 0 saturated carbocycles. The van der Waals surface area contributed by atoms with Gasteiger partial charge in [0.05, 0.1) is 0 Å². The van der Waals surface area contributed by atoms with Gasteiger partial charge in [0, 0.05) is 17.3 Å². The SMILES string of the molecule is CC(C)c1cnc(-c2nccc(N)n2)s1. The average Bonchev–Trinajstić information content (AvgIpc) is 2.66. The summed E-state index contributed by atoms with van der Waals surface area (Å²) in [6.07, 6.45) is 3.52. The molecule has 15 heavy (non-hydrogen) atoms. The highest BCUT2D eigenvalue weighted by Crippen LogP contribution is 2.27. The lowest BCUT2D eigenvalue weighted by Gasteiger charge is -1.97. The zero-order valence-electron chi connectivity index (χ0n) is 8.64. The van der Waals surface area contributed by atoms with Gasteiger partial charge in [-0.2, -0.15) is 0 Å². The van der Waals surface area contributed by atoms with Crippen LogP contribution in [0.25, 0.3) is 10.8 Å². The van der Waals surface area contributed by atoms with Crippen molar-refractivity contribution in [2.24, 2.45) is 0 Å². The first-order chi connectivity index (χ1) is 7.16. The lowest BCUT2D eigenvalue weighted by molar-refractivity contribution is 0.885. The largest absolute Gasteiger partial charge is 0.384 e. The van der Waals surface area contributed by atoms with E-state index in [0.29, 0.717) is 17.6 Å². The zero-order chi connectivity index (χ0) is 10.8. The van der Waals surface area contributed by atoms with Gasteiger partial charge in [0.25, 0.3) is 0 Å². The van der Waals surface area contributed by atoms with E-state index in [0.717, 1.165) is 5.01 Å². The molecular formula is C10H12N4S. The first kappa shape index (κ1) is 10.0. The lowest BCUT2D eigenvalue weighted by Crippen LogP contribution is -1.93. The number of hydrogen-bond acceptors (Lipinski definition) is 5. The molecule has 5 heteroatoms. The minimum Gasteiger partial charge on any atom is -0.384 e. The Bertz CT molecular complexity index is 464. The molecule has 0 bridgehead atoms. The summed E-state index contributed by atoms with van der Waals surface area (Å²) in [7, 11) is 0. The second-order valence-corrected chi connectivity index (χ2v) is 4.59. The molecule has 0 aliphatic heterocycles. The van der Waals surface area contributed by atoms with E-state index in [4.69, 9.17) is 5.73 Å². The third-order valence-electron chi connectivity index (χ3n) is 1.96. The lowest BCUT2D eigenvalue weighted by atomic mass is 10.2. The standard InChI is InChI=1S/C10H12N4S/c1-6(2)7-5-13-10(15-7)9-12-4-3-8(11)14-9/h3-6H,1-2H3,(H2,11,12,14). The number of rotatable bonds is 2. The van der Waals surface area contributed by atoms with Crippen LogP contribution in [0.5, 0.6) is 0 Å². The molecule has 0 atom stereocenters. The van der Waals surface area contributed by atoms with Crippen LogP contribution in [0.4, 0.5) is 5.82 Å². The average molecular weight is 220 g/mol. The zero-order valence-corrected chi connectivity index (χ0v) is 9.45. The number of nitrogens with two attached hydrogens (primary N) is 1. The van der Waals surface area contributed by atoms with Crippen molar-refractivity contribution in [1.29, 1.82) is 0 Å². The molecule has 0 fully saturated rings. The summed E-state index contributed by atoms with van der Waals surface area (Å²) in [5, 5.41) is 0.825.